The molecule has 2 aliphatic rings. The molecular weight excluding hydrogens is 793 g/mol. The van der Waals surface area contributed by atoms with Gasteiger partial charge < -0.3 is 0 Å². The predicted molar refractivity (Wildman–Crippen MR) is 283 cm³/mol. The van der Waals surface area contributed by atoms with E-state index < -0.39 is 0 Å². The number of aryl methyl sites for hydroxylation is 2. The van der Waals surface area contributed by atoms with Crippen LogP contribution in [0.3, 0.4) is 0 Å². The summed E-state index contributed by atoms with van der Waals surface area (Å²) in [5.74, 6) is 0. The highest BCUT2D eigenvalue weighted by Crippen LogP contribution is 2.59. The fourth-order valence-electron chi connectivity index (χ4n) is 12.6. The molecule has 0 heteroatoms. The first-order chi connectivity index (χ1) is 32.1. The molecular formula is C66H50. The van der Waals surface area contributed by atoms with Crippen LogP contribution in [-0.2, 0) is 10.8 Å². The maximum absolute atomic E-state index is 2.59. The lowest BCUT2D eigenvalue weighted by Crippen LogP contribution is -2.17. The second kappa shape index (κ2) is 14.0. The Morgan fingerprint density at radius 1 is 0.242 bits per heavy atom. The Morgan fingerprint density at radius 2 is 0.500 bits per heavy atom. The lowest BCUT2D eigenvalue weighted by Gasteiger charge is -2.25. The molecule has 0 fully saturated rings. The highest BCUT2D eigenvalue weighted by atomic mass is 14.5. The fourth-order valence-corrected chi connectivity index (χ4v) is 12.6. The smallest absolute Gasteiger partial charge is 0.0159 e. The zero-order valence-electron chi connectivity index (χ0n) is 38.5. The molecule has 2 aliphatic carbocycles. The molecule has 0 unspecified atom stereocenters. The predicted octanol–water partition coefficient (Wildman–Crippen LogP) is 18.2. The van der Waals surface area contributed by atoms with E-state index in [-0.39, 0.29) is 10.8 Å². The minimum atomic E-state index is -0.199. The van der Waals surface area contributed by atoms with Crippen molar-refractivity contribution < 1.29 is 0 Å². The van der Waals surface area contributed by atoms with Gasteiger partial charge in [-0.05, 0) is 181 Å². The lowest BCUT2D eigenvalue weighted by molar-refractivity contribution is 0.652. The highest BCUT2D eigenvalue weighted by Gasteiger charge is 2.43. The van der Waals surface area contributed by atoms with E-state index in [1.54, 1.807) is 0 Å². The van der Waals surface area contributed by atoms with E-state index in [2.05, 4.69) is 236 Å². The van der Waals surface area contributed by atoms with E-state index in [0.29, 0.717) is 0 Å². The van der Waals surface area contributed by atoms with E-state index in [1.807, 2.05) is 0 Å². The zero-order chi connectivity index (χ0) is 44.6. The van der Waals surface area contributed by atoms with Crippen molar-refractivity contribution in [3.8, 4) is 66.8 Å². The molecule has 0 spiro atoms. The summed E-state index contributed by atoms with van der Waals surface area (Å²) in [7, 11) is 0. The van der Waals surface area contributed by atoms with Gasteiger partial charge in [-0.1, -0.05) is 198 Å². The number of rotatable bonds is 4. The van der Waals surface area contributed by atoms with Crippen LogP contribution in [0.15, 0.2) is 194 Å². The van der Waals surface area contributed by atoms with Crippen molar-refractivity contribution in [1.29, 1.82) is 0 Å². The molecule has 314 valence electrons. The van der Waals surface area contributed by atoms with Crippen LogP contribution in [0.1, 0.15) is 61.1 Å². The van der Waals surface area contributed by atoms with Gasteiger partial charge in [-0.15, -0.1) is 0 Å². The average molecular weight is 843 g/mol. The van der Waals surface area contributed by atoms with Crippen molar-refractivity contribution in [2.75, 3.05) is 0 Å². The molecule has 0 bridgehead atoms. The third-order valence-electron chi connectivity index (χ3n) is 15.6. The van der Waals surface area contributed by atoms with E-state index in [9.17, 15) is 0 Å². The fraction of sp³-hybridized carbons (Fsp3) is 0.121. The molecule has 13 rings (SSSR count). The first-order valence-electron chi connectivity index (χ1n) is 23.6. The summed E-state index contributed by atoms with van der Waals surface area (Å²) in [4.78, 5) is 0. The van der Waals surface area contributed by atoms with Crippen LogP contribution in [-0.4, -0.2) is 0 Å². The summed E-state index contributed by atoms with van der Waals surface area (Å²) in [6.07, 6.45) is 0. The van der Waals surface area contributed by atoms with Crippen LogP contribution in [0.4, 0.5) is 0 Å². The molecule has 0 saturated heterocycles. The molecule has 0 nitrogen and oxygen atoms in total. The Balaban J connectivity index is 0.979. The topological polar surface area (TPSA) is 0 Å². The summed E-state index contributed by atoms with van der Waals surface area (Å²) in [6, 6.07) is 73.1. The quantitative estimate of drug-likeness (QED) is 0.155. The maximum Gasteiger partial charge on any atom is 0.0159 e. The van der Waals surface area contributed by atoms with E-state index in [0.717, 1.165) is 0 Å². The number of hydrogen-bond donors (Lipinski definition) is 0. The largest absolute Gasteiger partial charge is 0.0622 e. The van der Waals surface area contributed by atoms with Gasteiger partial charge in [-0.25, -0.2) is 0 Å². The summed E-state index contributed by atoms with van der Waals surface area (Å²) in [5, 5.41) is 10.3. The Morgan fingerprint density at radius 3 is 0.788 bits per heavy atom. The van der Waals surface area contributed by atoms with Gasteiger partial charge in [0.1, 0.15) is 0 Å². The van der Waals surface area contributed by atoms with Gasteiger partial charge in [0.2, 0.25) is 0 Å². The van der Waals surface area contributed by atoms with E-state index in [1.165, 1.54) is 143 Å². The summed E-state index contributed by atoms with van der Waals surface area (Å²) < 4.78 is 0. The van der Waals surface area contributed by atoms with E-state index >= 15 is 0 Å². The van der Waals surface area contributed by atoms with Gasteiger partial charge in [0.05, 0.1) is 0 Å². The summed E-state index contributed by atoms with van der Waals surface area (Å²) in [5.41, 5.74) is 23.8. The Bertz CT molecular complexity index is 3490. The molecule has 66 heavy (non-hydrogen) atoms. The van der Waals surface area contributed by atoms with Crippen molar-refractivity contribution >= 4 is 43.1 Å². The van der Waals surface area contributed by atoms with Crippen molar-refractivity contribution in [3.63, 3.8) is 0 Å². The first kappa shape index (κ1) is 38.9. The molecule has 0 amide bonds. The van der Waals surface area contributed by atoms with Crippen LogP contribution in [0, 0.1) is 13.8 Å². The molecule has 0 heterocycles. The second-order valence-electron chi connectivity index (χ2n) is 20.0. The van der Waals surface area contributed by atoms with Crippen molar-refractivity contribution in [2.24, 2.45) is 0 Å². The minimum absolute atomic E-state index is 0.199. The third-order valence-corrected chi connectivity index (χ3v) is 15.6. The Labute approximate surface area is 387 Å². The minimum Gasteiger partial charge on any atom is -0.0622 e. The SMILES string of the molecule is Cc1cc(-c2c3ccccc3c(-c3ccccc3)c3ccccc23)cc2c1-c1cc3c(cc1C2(C)C)-c1c(C)cc(-c2c4ccccc4c(-c4ccccc4)c4ccccc24)cc1C3(C)C. The highest BCUT2D eigenvalue weighted by molar-refractivity contribution is 6.23. The molecule has 0 aliphatic heterocycles. The molecule has 0 saturated carbocycles. The molecule has 0 atom stereocenters. The molecule has 0 N–H and O–H groups in total. The molecule has 0 radical (unpaired) electrons. The van der Waals surface area contributed by atoms with Crippen LogP contribution < -0.4 is 0 Å². The van der Waals surface area contributed by atoms with Gasteiger partial charge in [0, 0.05) is 10.8 Å². The monoisotopic (exact) mass is 842 g/mol. The Hall–Kier alpha value is -7.54. The van der Waals surface area contributed by atoms with Gasteiger partial charge in [-0.2, -0.15) is 0 Å². The molecule has 11 aromatic carbocycles. The van der Waals surface area contributed by atoms with Gasteiger partial charge in [0.15, 0.2) is 0 Å². The first-order valence-corrected chi connectivity index (χ1v) is 23.6. The Kier molecular flexibility index (Phi) is 8.24. The zero-order valence-corrected chi connectivity index (χ0v) is 38.5. The van der Waals surface area contributed by atoms with Crippen LogP contribution in [0.2, 0.25) is 0 Å². The molecule has 0 aromatic heterocycles. The maximum atomic E-state index is 2.59. The standard InChI is InChI=1S/C66H50/c1-39-33-43(63-49-29-17-13-25-45(49)61(41-21-9-7-10-22-41)46-26-14-18-30-50(46)63)35-57-59(39)53-37-56-54(38-55(53)65(57,3)4)60-40(2)34-44(36-58(60)66(56,5)6)64-51-31-19-15-27-47(51)62(42-23-11-8-12-24-42)48-28-16-20-32-52(48)64/h7-38H,1-6H3. The van der Waals surface area contributed by atoms with Gasteiger partial charge in [0.25, 0.3) is 0 Å². The second-order valence-corrected chi connectivity index (χ2v) is 20.0. The number of benzene rings is 11. The van der Waals surface area contributed by atoms with Crippen LogP contribution in [0.25, 0.3) is 110 Å². The summed E-state index contributed by atoms with van der Waals surface area (Å²) in [6.45, 7) is 14.5. The van der Waals surface area contributed by atoms with Crippen molar-refractivity contribution in [3.05, 3.63) is 228 Å². The summed E-state index contributed by atoms with van der Waals surface area (Å²) >= 11 is 0. The average Bonchev–Trinajstić information content (AvgIpc) is 3.71. The third kappa shape index (κ3) is 5.33. The van der Waals surface area contributed by atoms with Gasteiger partial charge in [-0.3, -0.25) is 0 Å². The van der Waals surface area contributed by atoms with Crippen LogP contribution >= 0.6 is 0 Å². The van der Waals surface area contributed by atoms with Crippen molar-refractivity contribution in [1.82, 2.24) is 0 Å². The van der Waals surface area contributed by atoms with E-state index in [4.69, 9.17) is 0 Å². The lowest BCUT2D eigenvalue weighted by atomic mass is 9.78. The number of hydrogen-bond acceptors (Lipinski definition) is 0. The van der Waals surface area contributed by atoms with Gasteiger partial charge >= 0.3 is 0 Å². The normalized spacial score (nSPS) is 14.2. The number of fused-ring (bicyclic) bond motifs is 10. The van der Waals surface area contributed by atoms with Crippen molar-refractivity contribution in [2.45, 2.75) is 52.4 Å². The van der Waals surface area contributed by atoms with Crippen LogP contribution in [0.5, 0.6) is 0 Å². The molecule has 11 aromatic rings.